The van der Waals surface area contributed by atoms with E-state index in [4.69, 9.17) is 10.1 Å². The number of rotatable bonds is 2. The third-order valence-electron chi connectivity index (χ3n) is 5.26. The molecule has 7 heteroatoms. The maximum Gasteiger partial charge on any atom is 0.137 e. The number of piperazine rings is 1. The van der Waals surface area contributed by atoms with Crippen LogP contribution in [-0.2, 0) is 0 Å². The van der Waals surface area contributed by atoms with Crippen LogP contribution in [0.25, 0.3) is 11.2 Å². The largest absolute Gasteiger partial charge is 0.368 e. The highest BCUT2D eigenvalue weighted by Crippen LogP contribution is 2.28. The molecule has 0 aliphatic carbocycles. The van der Waals surface area contributed by atoms with E-state index in [0.29, 0.717) is 0 Å². The Morgan fingerprint density at radius 1 is 1.14 bits per heavy atom. The van der Waals surface area contributed by atoms with Crippen LogP contribution in [0.5, 0.6) is 0 Å². The molecule has 3 aliphatic rings. The minimum absolute atomic E-state index is 0.820. The zero-order chi connectivity index (χ0) is 19.3. The van der Waals surface area contributed by atoms with Crippen molar-refractivity contribution in [3.8, 4) is 0 Å². The summed E-state index contributed by atoms with van der Waals surface area (Å²) in [5.74, 6) is 0.865. The van der Waals surface area contributed by atoms with Gasteiger partial charge in [0.25, 0.3) is 0 Å². The highest BCUT2D eigenvalue weighted by atomic mass is 15.3. The number of nitrogens with one attached hydrogen (secondary N) is 1. The molecule has 0 unspecified atom stereocenters. The molecule has 0 bridgehead atoms. The van der Waals surface area contributed by atoms with E-state index < -0.39 is 0 Å². The van der Waals surface area contributed by atoms with E-state index in [1.165, 1.54) is 5.70 Å². The third-order valence-corrected chi connectivity index (χ3v) is 5.26. The second-order valence-corrected chi connectivity index (χ2v) is 7.31. The van der Waals surface area contributed by atoms with Crippen molar-refractivity contribution in [3.63, 3.8) is 0 Å². The second kappa shape index (κ2) is 6.45. The Hall–Kier alpha value is -3.19. The number of fused-ring (bicyclic) bond motifs is 2. The summed E-state index contributed by atoms with van der Waals surface area (Å²) in [6.45, 7) is 12.3. The van der Waals surface area contributed by atoms with Crippen LogP contribution in [0.2, 0.25) is 0 Å². The SMILES string of the molecule is C=C1C=C(c2cc3c(C)nc(C)cn3n2)N=C2C=CC(N3CCNCC3)=CN12. The van der Waals surface area contributed by atoms with Gasteiger partial charge in [0.05, 0.1) is 34.5 Å². The normalized spacial score (nSPS) is 19.5. The molecule has 0 amide bonds. The first-order valence-corrected chi connectivity index (χ1v) is 9.56. The van der Waals surface area contributed by atoms with E-state index in [0.717, 1.165) is 66.0 Å². The van der Waals surface area contributed by atoms with Crippen molar-refractivity contribution < 1.29 is 0 Å². The molecule has 5 heterocycles. The van der Waals surface area contributed by atoms with E-state index in [1.54, 1.807) is 0 Å². The van der Waals surface area contributed by atoms with Crippen LogP contribution in [0.3, 0.4) is 0 Å². The standard InChI is InChI=1S/C21H23N7/c1-14-12-28-20(16(3)23-14)11-19(25-28)18-10-15(2)27-13-17(4-5-21(27)24-18)26-8-6-22-7-9-26/h4-5,10-13,22H,2,6-9H2,1,3H3. The van der Waals surface area contributed by atoms with Crippen molar-refractivity contribution in [2.75, 3.05) is 26.2 Å². The Morgan fingerprint density at radius 2 is 1.96 bits per heavy atom. The smallest absolute Gasteiger partial charge is 0.137 e. The summed E-state index contributed by atoms with van der Waals surface area (Å²) in [5.41, 5.74) is 6.64. The van der Waals surface area contributed by atoms with Crippen molar-refractivity contribution in [1.82, 2.24) is 29.7 Å². The van der Waals surface area contributed by atoms with Crippen molar-refractivity contribution in [2.24, 2.45) is 4.99 Å². The van der Waals surface area contributed by atoms with Gasteiger partial charge in [-0.3, -0.25) is 4.98 Å². The summed E-state index contributed by atoms with van der Waals surface area (Å²) in [4.78, 5) is 13.8. The van der Waals surface area contributed by atoms with Crippen LogP contribution >= 0.6 is 0 Å². The lowest BCUT2D eigenvalue weighted by molar-refractivity contribution is 0.303. The van der Waals surface area contributed by atoms with Crippen LogP contribution in [0.4, 0.5) is 0 Å². The molecule has 1 fully saturated rings. The Balaban J connectivity index is 1.47. The number of aryl methyl sites for hydroxylation is 2. The van der Waals surface area contributed by atoms with E-state index in [-0.39, 0.29) is 0 Å². The first-order valence-electron chi connectivity index (χ1n) is 9.56. The van der Waals surface area contributed by atoms with Gasteiger partial charge in [0.1, 0.15) is 11.5 Å². The first kappa shape index (κ1) is 16.9. The average Bonchev–Trinajstić information content (AvgIpc) is 3.13. The Labute approximate surface area is 164 Å². The number of hydrogen-bond acceptors (Lipinski definition) is 6. The highest BCUT2D eigenvalue weighted by molar-refractivity contribution is 6.02. The van der Waals surface area contributed by atoms with Gasteiger partial charge in [-0.2, -0.15) is 5.10 Å². The van der Waals surface area contributed by atoms with Crippen LogP contribution < -0.4 is 5.32 Å². The molecule has 142 valence electrons. The Morgan fingerprint density at radius 3 is 2.79 bits per heavy atom. The monoisotopic (exact) mass is 373 g/mol. The molecule has 0 radical (unpaired) electrons. The van der Waals surface area contributed by atoms with Gasteiger partial charge in [0.15, 0.2) is 0 Å². The molecule has 0 saturated carbocycles. The molecule has 2 aromatic rings. The maximum atomic E-state index is 4.84. The Bertz CT molecular complexity index is 1090. The first-order chi connectivity index (χ1) is 13.6. The minimum Gasteiger partial charge on any atom is -0.368 e. The predicted octanol–water partition coefficient (Wildman–Crippen LogP) is 2.23. The molecule has 0 spiro atoms. The molecule has 7 nitrogen and oxygen atoms in total. The van der Waals surface area contributed by atoms with E-state index >= 15 is 0 Å². The molecule has 0 aromatic carbocycles. The van der Waals surface area contributed by atoms with Gasteiger partial charge < -0.3 is 15.1 Å². The number of hydrogen-bond donors (Lipinski definition) is 1. The number of nitrogens with zero attached hydrogens (tertiary/aromatic N) is 6. The van der Waals surface area contributed by atoms with Gasteiger partial charge in [-0.15, -0.1) is 0 Å². The average molecular weight is 373 g/mol. The fraction of sp³-hybridized carbons (Fsp3) is 0.286. The molecule has 1 N–H and O–H groups in total. The zero-order valence-electron chi connectivity index (χ0n) is 16.2. The summed E-state index contributed by atoms with van der Waals surface area (Å²) < 4.78 is 1.88. The van der Waals surface area contributed by atoms with Crippen LogP contribution in [-0.4, -0.2) is 56.4 Å². The summed E-state index contributed by atoms with van der Waals surface area (Å²) in [7, 11) is 0. The molecule has 5 rings (SSSR count). The van der Waals surface area contributed by atoms with E-state index in [1.807, 2.05) is 41.6 Å². The quantitative estimate of drug-likeness (QED) is 0.875. The lowest BCUT2D eigenvalue weighted by Crippen LogP contribution is -2.43. The van der Waals surface area contributed by atoms with Gasteiger partial charge >= 0.3 is 0 Å². The fourth-order valence-corrected chi connectivity index (χ4v) is 3.84. The molecule has 3 aliphatic heterocycles. The summed E-state index contributed by atoms with van der Waals surface area (Å²) >= 11 is 0. The third kappa shape index (κ3) is 2.84. The molecule has 1 saturated heterocycles. The van der Waals surface area contributed by atoms with E-state index in [2.05, 4.69) is 40.1 Å². The van der Waals surface area contributed by atoms with Crippen molar-refractivity contribution in [3.05, 3.63) is 71.7 Å². The van der Waals surface area contributed by atoms with Crippen molar-refractivity contribution in [1.29, 1.82) is 0 Å². The topological polar surface area (TPSA) is 61.1 Å². The second-order valence-electron chi connectivity index (χ2n) is 7.31. The summed E-state index contributed by atoms with van der Waals surface area (Å²) in [5, 5.41) is 8.10. The molecule has 2 aromatic heterocycles. The number of aromatic nitrogens is 3. The molecule has 0 atom stereocenters. The Kier molecular flexibility index (Phi) is 3.91. The number of amidine groups is 1. The lowest BCUT2D eigenvalue weighted by Gasteiger charge is -2.35. The number of allylic oxidation sites excluding steroid dienone is 2. The molecular weight excluding hydrogens is 350 g/mol. The van der Waals surface area contributed by atoms with Crippen molar-refractivity contribution in [2.45, 2.75) is 13.8 Å². The van der Waals surface area contributed by atoms with E-state index in [9.17, 15) is 0 Å². The van der Waals surface area contributed by atoms with Gasteiger partial charge in [0, 0.05) is 38.1 Å². The summed E-state index contributed by atoms with van der Waals surface area (Å²) in [6.07, 6.45) is 10.2. The lowest BCUT2D eigenvalue weighted by atomic mass is 10.1. The van der Waals surface area contributed by atoms with Crippen LogP contribution in [0.15, 0.2) is 59.7 Å². The summed E-state index contributed by atoms with van der Waals surface area (Å²) in [6, 6.07) is 2.04. The van der Waals surface area contributed by atoms with Crippen LogP contribution in [0, 0.1) is 13.8 Å². The minimum atomic E-state index is 0.820. The highest BCUT2D eigenvalue weighted by Gasteiger charge is 2.23. The van der Waals surface area contributed by atoms with Gasteiger partial charge in [-0.1, -0.05) is 6.58 Å². The number of aliphatic imine (C=N–C) groups is 1. The van der Waals surface area contributed by atoms with Gasteiger partial charge in [-0.25, -0.2) is 9.51 Å². The van der Waals surface area contributed by atoms with Crippen molar-refractivity contribution >= 4 is 17.0 Å². The maximum absolute atomic E-state index is 4.84. The fourth-order valence-electron chi connectivity index (χ4n) is 3.84. The van der Waals surface area contributed by atoms with Gasteiger partial charge in [0.2, 0.25) is 0 Å². The van der Waals surface area contributed by atoms with Gasteiger partial charge in [-0.05, 0) is 38.1 Å². The molecule has 28 heavy (non-hydrogen) atoms. The zero-order valence-corrected chi connectivity index (χ0v) is 16.2. The molecular formula is C21H23N7. The van der Waals surface area contributed by atoms with Crippen LogP contribution in [0.1, 0.15) is 17.1 Å². The predicted molar refractivity (Wildman–Crippen MR) is 111 cm³/mol.